The quantitative estimate of drug-likeness (QED) is 0.480. The molecule has 1 aliphatic rings. The second kappa shape index (κ2) is 4.58. The van der Waals surface area contributed by atoms with Crippen LogP contribution < -0.4 is 5.32 Å². The van der Waals surface area contributed by atoms with Crippen LogP contribution in [-0.2, 0) is 14.3 Å². The van der Waals surface area contributed by atoms with Crippen LogP contribution in [-0.4, -0.2) is 38.9 Å². The van der Waals surface area contributed by atoms with Crippen LogP contribution in [0.3, 0.4) is 0 Å². The third-order valence-electron chi connectivity index (χ3n) is 2.31. The highest BCUT2D eigenvalue weighted by Gasteiger charge is 2.50. The Hall–Kier alpha value is -0.610. The first-order valence-corrected chi connectivity index (χ1v) is 4.57. The smallest absolute Gasteiger partial charge is 0.326 e. The number of esters is 1. The molecule has 0 atom stereocenters. The Morgan fingerprint density at radius 3 is 2.62 bits per heavy atom. The molecule has 1 fully saturated rings. The van der Waals surface area contributed by atoms with E-state index in [-0.39, 0.29) is 11.5 Å². The van der Waals surface area contributed by atoms with Gasteiger partial charge in [0.25, 0.3) is 0 Å². The van der Waals surface area contributed by atoms with E-state index in [1.807, 2.05) is 0 Å². The van der Waals surface area contributed by atoms with Gasteiger partial charge in [-0.2, -0.15) is 0 Å². The van der Waals surface area contributed by atoms with Crippen molar-refractivity contribution in [2.45, 2.75) is 24.8 Å². The molecule has 0 spiro atoms. The predicted octanol–water partition coefficient (Wildman–Crippen LogP) is 0.318. The van der Waals surface area contributed by atoms with Gasteiger partial charge in [-0.25, -0.2) is 0 Å². The fourth-order valence-electron chi connectivity index (χ4n) is 1.32. The monoisotopic (exact) mass is 187 g/mol. The van der Waals surface area contributed by atoms with Gasteiger partial charge in [-0.05, 0) is 25.8 Å². The highest BCUT2D eigenvalue weighted by molar-refractivity contribution is 5.84. The number of carbonyl (C=O) groups is 1. The van der Waals surface area contributed by atoms with Gasteiger partial charge in [0.2, 0.25) is 0 Å². The van der Waals surface area contributed by atoms with E-state index >= 15 is 0 Å². The number of ether oxygens (including phenoxy) is 2. The molecule has 0 bridgehead atoms. The third-order valence-corrected chi connectivity index (χ3v) is 2.31. The van der Waals surface area contributed by atoms with E-state index in [2.05, 4.69) is 5.32 Å². The lowest BCUT2D eigenvalue weighted by molar-refractivity contribution is -0.144. The number of carbonyl (C=O) groups excluding carboxylic acids is 1. The van der Waals surface area contributed by atoms with E-state index in [9.17, 15) is 4.79 Å². The molecule has 4 heteroatoms. The molecule has 0 aromatic rings. The van der Waals surface area contributed by atoms with Gasteiger partial charge in [-0.15, -0.1) is 0 Å². The first kappa shape index (κ1) is 10.5. The fraction of sp³-hybridized carbons (Fsp3) is 0.889. The number of methoxy groups -OCH3 is 2. The summed E-state index contributed by atoms with van der Waals surface area (Å²) in [6.07, 6.45) is 2.72. The van der Waals surface area contributed by atoms with Crippen LogP contribution in [0.25, 0.3) is 0 Å². The first-order valence-electron chi connectivity index (χ1n) is 4.57. The van der Waals surface area contributed by atoms with Crippen LogP contribution in [0.1, 0.15) is 19.3 Å². The van der Waals surface area contributed by atoms with Crippen molar-refractivity contribution in [2.24, 2.45) is 0 Å². The Morgan fingerprint density at radius 1 is 1.46 bits per heavy atom. The minimum absolute atomic E-state index is 0.134. The Morgan fingerprint density at radius 2 is 2.15 bits per heavy atom. The minimum Gasteiger partial charge on any atom is -0.468 e. The topological polar surface area (TPSA) is 47.6 Å². The lowest BCUT2D eigenvalue weighted by Crippen LogP contribution is -2.40. The van der Waals surface area contributed by atoms with Crippen molar-refractivity contribution in [1.29, 1.82) is 0 Å². The summed E-state index contributed by atoms with van der Waals surface area (Å²) in [5, 5.41) is 3.20. The van der Waals surface area contributed by atoms with Crippen LogP contribution in [0, 0.1) is 0 Å². The summed E-state index contributed by atoms with van der Waals surface area (Å²) in [5.74, 6) is -0.134. The Bertz CT molecular complexity index is 178. The Balaban J connectivity index is 2.16. The second-order valence-corrected chi connectivity index (χ2v) is 3.35. The van der Waals surface area contributed by atoms with Crippen LogP contribution in [0.2, 0.25) is 0 Å². The molecule has 0 unspecified atom stereocenters. The highest BCUT2D eigenvalue weighted by Crippen LogP contribution is 2.36. The van der Waals surface area contributed by atoms with Gasteiger partial charge in [-0.3, -0.25) is 4.79 Å². The van der Waals surface area contributed by atoms with E-state index in [1.165, 1.54) is 7.11 Å². The number of hydrogen-bond acceptors (Lipinski definition) is 4. The molecule has 1 aliphatic carbocycles. The first-order chi connectivity index (χ1) is 6.25. The molecule has 0 amide bonds. The molecule has 4 nitrogen and oxygen atoms in total. The molecule has 1 N–H and O–H groups in total. The molecule has 1 rings (SSSR count). The fourth-order valence-corrected chi connectivity index (χ4v) is 1.32. The number of nitrogens with one attached hydrogen (secondary N) is 1. The SMILES string of the molecule is COCCCNC1(C(=O)OC)CC1. The summed E-state index contributed by atoms with van der Waals surface area (Å²) >= 11 is 0. The van der Waals surface area contributed by atoms with Crippen molar-refractivity contribution in [1.82, 2.24) is 5.32 Å². The zero-order valence-electron chi connectivity index (χ0n) is 8.26. The van der Waals surface area contributed by atoms with Gasteiger partial charge < -0.3 is 14.8 Å². The van der Waals surface area contributed by atoms with Crippen LogP contribution in [0.5, 0.6) is 0 Å². The average Bonchev–Trinajstić information content (AvgIpc) is 2.92. The lowest BCUT2D eigenvalue weighted by Gasteiger charge is -2.13. The van der Waals surface area contributed by atoms with Gasteiger partial charge in [-0.1, -0.05) is 0 Å². The maximum atomic E-state index is 11.2. The molecular formula is C9H17NO3. The molecule has 0 aliphatic heterocycles. The summed E-state index contributed by atoms with van der Waals surface area (Å²) in [6, 6.07) is 0. The zero-order chi connectivity index (χ0) is 9.73. The summed E-state index contributed by atoms with van der Waals surface area (Å²) in [5.41, 5.74) is -0.359. The predicted molar refractivity (Wildman–Crippen MR) is 48.5 cm³/mol. The molecule has 13 heavy (non-hydrogen) atoms. The zero-order valence-corrected chi connectivity index (χ0v) is 8.26. The second-order valence-electron chi connectivity index (χ2n) is 3.35. The van der Waals surface area contributed by atoms with E-state index in [0.717, 1.165) is 32.4 Å². The van der Waals surface area contributed by atoms with Gasteiger partial charge in [0.1, 0.15) is 5.54 Å². The Kier molecular flexibility index (Phi) is 3.69. The van der Waals surface area contributed by atoms with E-state index in [4.69, 9.17) is 9.47 Å². The molecule has 0 aromatic heterocycles. The third kappa shape index (κ3) is 2.67. The standard InChI is InChI=1S/C9H17NO3/c1-12-7-3-6-10-9(4-5-9)8(11)13-2/h10H,3-7H2,1-2H3. The van der Waals surface area contributed by atoms with Crippen molar-refractivity contribution in [3.05, 3.63) is 0 Å². The van der Waals surface area contributed by atoms with Gasteiger partial charge >= 0.3 is 5.97 Å². The summed E-state index contributed by atoms with van der Waals surface area (Å²) in [7, 11) is 3.10. The molecular weight excluding hydrogens is 170 g/mol. The summed E-state index contributed by atoms with van der Waals surface area (Å²) in [4.78, 5) is 11.2. The summed E-state index contributed by atoms with van der Waals surface area (Å²) < 4.78 is 9.61. The molecule has 0 saturated heterocycles. The van der Waals surface area contributed by atoms with Crippen molar-refractivity contribution in [3.63, 3.8) is 0 Å². The van der Waals surface area contributed by atoms with Crippen molar-refractivity contribution in [3.8, 4) is 0 Å². The van der Waals surface area contributed by atoms with E-state index in [1.54, 1.807) is 7.11 Å². The minimum atomic E-state index is -0.359. The largest absolute Gasteiger partial charge is 0.468 e. The Labute approximate surface area is 78.6 Å². The van der Waals surface area contributed by atoms with Crippen LogP contribution in [0.15, 0.2) is 0 Å². The van der Waals surface area contributed by atoms with Crippen molar-refractivity contribution < 1.29 is 14.3 Å². The molecule has 0 heterocycles. The maximum absolute atomic E-state index is 11.2. The van der Waals surface area contributed by atoms with Crippen molar-refractivity contribution >= 4 is 5.97 Å². The number of rotatable bonds is 6. The molecule has 1 saturated carbocycles. The lowest BCUT2D eigenvalue weighted by atomic mass is 10.2. The van der Waals surface area contributed by atoms with E-state index < -0.39 is 0 Å². The normalized spacial score (nSPS) is 18.3. The average molecular weight is 187 g/mol. The number of hydrogen-bond donors (Lipinski definition) is 1. The van der Waals surface area contributed by atoms with Crippen LogP contribution >= 0.6 is 0 Å². The highest BCUT2D eigenvalue weighted by atomic mass is 16.5. The van der Waals surface area contributed by atoms with Gasteiger partial charge in [0.05, 0.1) is 7.11 Å². The van der Waals surface area contributed by atoms with Crippen molar-refractivity contribution in [2.75, 3.05) is 27.4 Å². The van der Waals surface area contributed by atoms with Gasteiger partial charge in [0.15, 0.2) is 0 Å². The molecule has 0 radical (unpaired) electrons. The summed E-state index contributed by atoms with van der Waals surface area (Å²) in [6.45, 7) is 1.53. The molecule has 0 aromatic carbocycles. The molecule has 76 valence electrons. The van der Waals surface area contributed by atoms with E-state index in [0.29, 0.717) is 0 Å². The van der Waals surface area contributed by atoms with Crippen LogP contribution in [0.4, 0.5) is 0 Å². The van der Waals surface area contributed by atoms with Gasteiger partial charge in [0, 0.05) is 13.7 Å². The maximum Gasteiger partial charge on any atom is 0.326 e.